The van der Waals surface area contributed by atoms with Gasteiger partial charge in [0.2, 0.25) is 0 Å². The Morgan fingerprint density at radius 2 is 2.00 bits per heavy atom. The van der Waals surface area contributed by atoms with Gasteiger partial charge in [0.15, 0.2) is 0 Å². The van der Waals surface area contributed by atoms with Crippen molar-refractivity contribution in [2.75, 3.05) is 25.0 Å². The molecule has 0 amide bonds. The van der Waals surface area contributed by atoms with Crippen LogP contribution in [0.15, 0.2) is 24.3 Å². The van der Waals surface area contributed by atoms with Crippen molar-refractivity contribution in [1.82, 2.24) is 5.32 Å². The second-order valence-electron chi connectivity index (χ2n) is 5.30. The fourth-order valence-electron chi connectivity index (χ4n) is 2.56. The topological polar surface area (TPSA) is 15.3 Å². The SMILES string of the molecule is CNC(C)c1ccc(N2CCCC(C)C2)cc1. The van der Waals surface area contributed by atoms with E-state index in [1.165, 1.54) is 37.2 Å². The Bertz CT molecular complexity index is 344. The Kier molecular flexibility index (Phi) is 4.06. The third-order valence-corrected chi connectivity index (χ3v) is 3.85. The van der Waals surface area contributed by atoms with Crippen molar-refractivity contribution in [3.8, 4) is 0 Å². The van der Waals surface area contributed by atoms with Crippen LogP contribution in [0.25, 0.3) is 0 Å². The summed E-state index contributed by atoms with van der Waals surface area (Å²) >= 11 is 0. The molecule has 94 valence electrons. The molecule has 1 heterocycles. The molecule has 0 spiro atoms. The van der Waals surface area contributed by atoms with Crippen LogP contribution >= 0.6 is 0 Å². The van der Waals surface area contributed by atoms with Gasteiger partial charge in [0.25, 0.3) is 0 Å². The molecule has 1 aliphatic heterocycles. The number of nitrogens with zero attached hydrogens (tertiary/aromatic N) is 1. The zero-order chi connectivity index (χ0) is 12.3. The van der Waals surface area contributed by atoms with E-state index in [0.29, 0.717) is 6.04 Å². The van der Waals surface area contributed by atoms with Crippen molar-refractivity contribution in [2.24, 2.45) is 5.92 Å². The molecule has 1 aromatic rings. The minimum atomic E-state index is 0.435. The van der Waals surface area contributed by atoms with Crippen molar-refractivity contribution in [1.29, 1.82) is 0 Å². The maximum Gasteiger partial charge on any atom is 0.0366 e. The first-order valence-electron chi connectivity index (χ1n) is 6.73. The zero-order valence-corrected chi connectivity index (χ0v) is 11.2. The van der Waals surface area contributed by atoms with E-state index in [0.717, 1.165) is 5.92 Å². The number of hydrogen-bond acceptors (Lipinski definition) is 2. The van der Waals surface area contributed by atoms with E-state index >= 15 is 0 Å². The maximum absolute atomic E-state index is 3.27. The van der Waals surface area contributed by atoms with Crippen molar-refractivity contribution in [3.05, 3.63) is 29.8 Å². The van der Waals surface area contributed by atoms with Gasteiger partial charge in [0.05, 0.1) is 0 Å². The van der Waals surface area contributed by atoms with Gasteiger partial charge in [0.1, 0.15) is 0 Å². The number of anilines is 1. The average molecular weight is 232 g/mol. The molecular formula is C15H24N2. The third-order valence-electron chi connectivity index (χ3n) is 3.85. The van der Waals surface area contributed by atoms with Gasteiger partial charge in [-0.25, -0.2) is 0 Å². The Balaban J connectivity index is 2.06. The number of nitrogens with one attached hydrogen (secondary N) is 1. The first kappa shape index (κ1) is 12.4. The van der Waals surface area contributed by atoms with E-state index in [4.69, 9.17) is 0 Å². The summed E-state index contributed by atoms with van der Waals surface area (Å²) < 4.78 is 0. The van der Waals surface area contributed by atoms with E-state index < -0.39 is 0 Å². The van der Waals surface area contributed by atoms with E-state index in [1.54, 1.807) is 0 Å². The molecule has 2 heteroatoms. The highest BCUT2D eigenvalue weighted by atomic mass is 15.1. The summed E-state index contributed by atoms with van der Waals surface area (Å²) in [4.78, 5) is 2.52. The molecule has 0 bridgehead atoms. The first-order valence-corrected chi connectivity index (χ1v) is 6.73. The Labute approximate surface area is 105 Å². The summed E-state index contributed by atoms with van der Waals surface area (Å²) in [5.41, 5.74) is 2.74. The normalized spacial score (nSPS) is 22.5. The molecule has 0 radical (unpaired) electrons. The van der Waals surface area contributed by atoms with Gasteiger partial charge >= 0.3 is 0 Å². The van der Waals surface area contributed by atoms with Gasteiger partial charge in [-0.2, -0.15) is 0 Å². The number of benzene rings is 1. The Hall–Kier alpha value is -1.02. The van der Waals surface area contributed by atoms with Gasteiger partial charge < -0.3 is 10.2 Å². The Morgan fingerprint density at radius 3 is 2.59 bits per heavy atom. The largest absolute Gasteiger partial charge is 0.371 e. The lowest BCUT2D eigenvalue weighted by atomic mass is 9.99. The van der Waals surface area contributed by atoms with Gasteiger partial charge in [-0.3, -0.25) is 0 Å². The van der Waals surface area contributed by atoms with Crippen LogP contribution in [0.5, 0.6) is 0 Å². The molecule has 2 nitrogen and oxygen atoms in total. The standard InChI is InChI=1S/C15H24N2/c1-12-5-4-10-17(11-12)15-8-6-14(7-9-15)13(2)16-3/h6-9,12-13,16H,4-5,10-11H2,1-3H3. The lowest BCUT2D eigenvalue weighted by Crippen LogP contribution is -2.34. The molecular weight excluding hydrogens is 208 g/mol. The van der Waals surface area contributed by atoms with Crippen LogP contribution in [0, 0.1) is 5.92 Å². The third kappa shape index (κ3) is 3.01. The molecule has 0 aromatic heterocycles. The van der Waals surface area contributed by atoms with Gasteiger partial charge in [-0.1, -0.05) is 19.1 Å². The molecule has 17 heavy (non-hydrogen) atoms. The smallest absolute Gasteiger partial charge is 0.0366 e. The second kappa shape index (κ2) is 5.54. The molecule has 2 rings (SSSR count). The summed E-state index contributed by atoms with van der Waals surface area (Å²) in [5, 5.41) is 3.27. The van der Waals surface area contributed by atoms with Crippen LogP contribution in [-0.4, -0.2) is 20.1 Å². The summed E-state index contributed by atoms with van der Waals surface area (Å²) in [7, 11) is 2.00. The number of hydrogen-bond donors (Lipinski definition) is 1. The highest BCUT2D eigenvalue weighted by Crippen LogP contribution is 2.24. The van der Waals surface area contributed by atoms with E-state index in [1.807, 2.05) is 7.05 Å². The van der Waals surface area contributed by atoms with E-state index in [2.05, 4.69) is 48.3 Å². The van der Waals surface area contributed by atoms with E-state index in [-0.39, 0.29) is 0 Å². The minimum Gasteiger partial charge on any atom is -0.371 e. The molecule has 1 saturated heterocycles. The average Bonchev–Trinajstić information content (AvgIpc) is 2.38. The van der Waals surface area contributed by atoms with Crippen LogP contribution in [-0.2, 0) is 0 Å². The van der Waals surface area contributed by atoms with Crippen molar-refractivity contribution in [3.63, 3.8) is 0 Å². The van der Waals surface area contributed by atoms with Crippen molar-refractivity contribution >= 4 is 5.69 Å². The van der Waals surface area contributed by atoms with E-state index in [9.17, 15) is 0 Å². The number of piperidine rings is 1. The summed E-state index contributed by atoms with van der Waals surface area (Å²) in [6.07, 6.45) is 2.71. The quantitative estimate of drug-likeness (QED) is 0.861. The first-order chi connectivity index (χ1) is 8.20. The zero-order valence-electron chi connectivity index (χ0n) is 11.2. The number of rotatable bonds is 3. The molecule has 1 N–H and O–H groups in total. The molecule has 0 aliphatic carbocycles. The summed E-state index contributed by atoms with van der Waals surface area (Å²) in [5.74, 6) is 0.833. The van der Waals surface area contributed by atoms with Gasteiger partial charge in [-0.15, -0.1) is 0 Å². The highest BCUT2D eigenvalue weighted by molar-refractivity contribution is 5.48. The van der Waals surface area contributed by atoms with Gasteiger partial charge in [0, 0.05) is 24.8 Å². The molecule has 1 fully saturated rings. The van der Waals surface area contributed by atoms with Crippen LogP contribution in [0.1, 0.15) is 38.3 Å². The summed E-state index contributed by atoms with van der Waals surface area (Å²) in [6.45, 7) is 6.97. The van der Waals surface area contributed by atoms with Crippen LogP contribution in [0.2, 0.25) is 0 Å². The lowest BCUT2D eigenvalue weighted by Gasteiger charge is -2.33. The molecule has 2 unspecified atom stereocenters. The minimum absolute atomic E-state index is 0.435. The fraction of sp³-hybridized carbons (Fsp3) is 0.600. The van der Waals surface area contributed by atoms with Crippen molar-refractivity contribution in [2.45, 2.75) is 32.7 Å². The van der Waals surface area contributed by atoms with Crippen molar-refractivity contribution < 1.29 is 0 Å². The monoisotopic (exact) mass is 232 g/mol. The second-order valence-corrected chi connectivity index (χ2v) is 5.30. The predicted molar refractivity (Wildman–Crippen MR) is 74.5 cm³/mol. The Morgan fingerprint density at radius 1 is 1.29 bits per heavy atom. The lowest BCUT2D eigenvalue weighted by molar-refractivity contribution is 0.447. The van der Waals surface area contributed by atoms with Crippen LogP contribution in [0.3, 0.4) is 0 Å². The maximum atomic E-state index is 3.27. The van der Waals surface area contributed by atoms with Crippen LogP contribution in [0.4, 0.5) is 5.69 Å². The molecule has 1 aliphatic rings. The highest BCUT2D eigenvalue weighted by Gasteiger charge is 2.16. The summed E-state index contributed by atoms with van der Waals surface area (Å²) in [6, 6.07) is 9.46. The fourth-order valence-corrected chi connectivity index (χ4v) is 2.56. The molecule has 0 saturated carbocycles. The molecule has 2 atom stereocenters. The predicted octanol–water partition coefficient (Wildman–Crippen LogP) is 3.20. The van der Waals surface area contributed by atoms with Gasteiger partial charge in [-0.05, 0) is 50.4 Å². The van der Waals surface area contributed by atoms with Crippen LogP contribution < -0.4 is 10.2 Å². The molecule has 1 aromatic carbocycles.